The minimum absolute atomic E-state index is 0.0349. The van der Waals surface area contributed by atoms with Crippen LogP contribution in [-0.4, -0.2) is 56.8 Å². The number of nitrogens with zero attached hydrogens (tertiary/aromatic N) is 2. The molecule has 1 amide bonds. The zero-order valence-electron chi connectivity index (χ0n) is 14.1. The largest absolute Gasteiger partial charge is 0.496 e. The zero-order valence-corrected chi connectivity index (χ0v) is 15.8. The topological polar surface area (TPSA) is 66.9 Å². The molecule has 134 valence electrons. The van der Waals surface area contributed by atoms with Gasteiger partial charge in [0, 0.05) is 26.2 Å². The van der Waals surface area contributed by atoms with Gasteiger partial charge in [-0.05, 0) is 42.1 Å². The third-order valence-electron chi connectivity index (χ3n) is 4.26. The van der Waals surface area contributed by atoms with Crippen molar-refractivity contribution in [1.82, 2.24) is 9.21 Å². The van der Waals surface area contributed by atoms with E-state index in [2.05, 4.69) is 0 Å². The lowest BCUT2D eigenvalue weighted by Crippen LogP contribution is -2.50. The molecule has 1 fully saturated rings. The fourth-order valence-corrected chi connectivity index (χ4v) is 5.05. The van der Waals surface area contributed by atoms with Crippen molar-refractivity contribution in [3.8, 4) is 5.75 Å². The molecule has 8 heteroatoms. The number of carbonyl (C=O) groups is 1. The van der Waals surface area contributed by atoms with Crippen LogP contribution in [-0.2, 0) is 10.0 Å². The number of piperazine rings is 1. The molecule has 1 aromatic heterocycles. The van der Waals surface area contributed by atoms with E-state index in [4.69, 9.17) is 4.74 Å². The first-order valence-electron chi connectivity index (χ1n) is 7.91. The normalized spacial score (nSPS) is 16.0. The van der Waals surface area contributed by atoms with Crippen molar-refractivity contribution in [2.75, 3.05) is 33.3 Å². The number of aryl methyl sites for hydroxylation is 1. The van der Waals surface area contributed by atoms with Gasteiger partial charge in [0.15, 0.2) is 0 Å². The molecule has 1 aromatic carbocycles. The highest BCUT2D eigenvalue weighted by Gasteiger charge is 2.30. The van der Waals surface area contributed by atoms with Crippen LogP contribution in [0, 0.1) is 6.92 Å². The molecule has 0 unspecified atom stereocenters. The minimum Gasteiger partial charge on any atom is -0.496 e. The molecule has 2 heterocycles. The Morgan fingerprint density at radius 1 is 1.16 bits per heavy atom. The van der Waals surface area contributed by atoms with Crippen molar-refractivity contribution in [1.29, 1.82) is 0 Å². The van der Waals surface area contributed by atoms with Crippen LogP contribution in [0.3, 0.4) is 0 Å². The van der Waals surface area contributed by atoms with Crippen LogP contribution < -0.4 is 4.74 Å². The predicted molar refractivity (Wildman–Crippen MR) is 96.7 cm³/mol. The van der Waals surface area contributed by atoms with Crippen molar-refractivity contribution >= 4 is 27.3 Å². The molecule has 1 aliphatic heterocycles. The van der Waals surface area contributed by atoms with Gasteiger partial charge in [-0.2, -0.15) is 4.31 Å². The van der Waals surface area contributed by atoms with E-state index in [1.165, 1.54) is 15.6 Å². The summed E-state index contributed by atoms with van der Waals surface area (Å²) in [6.07, 6.45) is 0. The maximum atomic E-state index is 12.8. The molecular weight excluding hydrogens is 360 g/mol. The number of benzene rings is 1. The molecule has 0 radical (unpaired) electrons. The lowest BCUT2D eigenvalue weighted by molar-refractivity contribution is 0.0703. The Bertz CT molecular complexity index is 855. The molecule has 0 N–H and O–H groups in total. The van der Waals surface area contributed by atoms with Crippen LogP contribution in [0.1, 0.15) is 15.2 Å². The van der Waals surface area contributed by atoms with Crippen molar-refractivity contribution in [2.45, 2.75) is 11.8 Å². The Labute approximate surface area is 151 Å². The summed E-state index contributed by atoms with van der Waals surface area (Å²) < 4.78 is 32.3. The van der Waals surface area contributed by atoms with E-state index in [9.17, 15) is 13.2 Å². The summed E-state index contributed by atoms with van der Waals surface area (Å²) in [6.45, 7) is 3.20. The van der Waals surface area contributed by atoms with Gasteiger partial charge in [-0.25, -0.2) is 8.42 Å². The highest BCUT2D eigenvalue weighted by atomic mass is 32.2. The third-order valence-corrected chi connectivity index (χ3v) is 7.01. The lowest BCUT2D eigenvalue weighted by Gasteiger charge is -2.33. The zero-order chi connectivity index (χ0) is 18.0. The van der Waals surface area contributed by atoms with Gasteiger partial charge in [0.2, 0.25) is 10.0 Å². The third kappa shape index (κ3) is 3.56. The second kappa shape index (κ2) is 7.15. The maximum absolute atomic E-state index is 12.8. The van der Waals surface area contributed by atoms with E-state index < -0.39 is 10.0 Å². The van der Waals surface area contributed by atoms with Gasteiger partial charge in [0.25, 0.3) is 5.91 Å². The maximum Gasteiger partial charge on any atom is 0.264 e. The van der Waals surface area contributed by atoms with Gasteiger partial charge in [-0.3, -0.25) is 4.79 Å². The molecule has 0 aliphatic carbocycles. The fourth-order valence-electron chi connectivity index (χ4n) is 2.85. The molecule has 0 bridgehead atoms. The van der Waals surface area contributed by atoms with Crippen LogP contribution in [0.5, 0.6) is 5.75 Å². The molecule has 1 saturated heterocycles. The summed E-state index contributed by atoms with van der Waals surface area (Å²) in [5.74, 6) is 0.623. The first-order valence-corrected chi connectivity index (χ1v) is 10.2. The molecule has 25 heavy (non-hydrogen) atoms. The summed E-state index contributed by atoms with van der Waals surface area (Å²) in [5, 5.41) is 1.86. The molecule has 3 rings (SSSR count). The summed E-state index contributed by atoms with van der Waals surface area (Å²) >= 11 is 1.40. The number of carbonyl (C=O) groups excluding carboxylic acids is 1. The summed E-state index contributed by atoms with van der Waals surface area (Å²) in [4.78, 5) is 15.0. The van der Waals surface area contributed by atoms with E-state index in [-0.39, 0.29) is 10.8 Å². The number of methoxy groups -OCH3 is 1. The van der Waals surface area contributed by atoms with Crippen molar-refractivity contribution < 1.29 is 17.9 Å². The van der Waals surface area contributed by atoms with Gasteiger partial charge < -0.3 is 9.64 Å². The summed E-state index contributed by atoms with van der Waals surface area (Å²) in [7, 11) is -2.01. The van der Waals surface area contributed by atoms with Crippen LogP contribution in [0.2, 0.25) is 0 Å². The number of hydrogen-bond acceptors (Lipinski definition) is 5. The monoisotopic (exact) mass is 380 g/mol. The van der Waals surface area contributed by atoms with E-state index in [0.717, 1.165) is 5.56 Å². The Morgan fingerprint density at radius 3 is 2.44 bits per heavy atom. The van der Waals surface area contributed by atoms with Crippen molar-refractivity contribution in [2.24, 2.45) is 0 Å². The molecule has 6 nitrogen and oxygen atoms in total. The van der Waals surface area contributed by atoms with Crippen LogP contribution in [0.4, 0.5) is 0 Å². The Hall–Kier alpha value is -1.90. The standard InChI is InChI=1S/C17H20N2O4S2/c1-13-12-14(5-6-15(13)23-2)25(21,22)19-9-7-18(8-10-19)17(20)16-4-3-11-24-16/h3-6,11-12H,7-10H2,1-2H3. The lowest BCUT2D eigenvalue weighted by atomic mass is 10.2. The van der Waals surface area contributed by atoms with E-state index in [1.807, 2.05) is 18.4 Å². The van der Waals surface area contributed by atoms with Crippen molar-refractivity contribution in [3.05, 3.63) is 46.2 Å². The average molecular weight is 380 g/mol. The van der Waals surface area contributed by atoms with E-state index in [1.54, 1.807) is 36.3 Å². The minimum atomic E-state index is -3.57. The molecule has 2 aromatic rings. The Morgan fingerprint density at radius 2 is 1.88 bits per heavy atom. The molecule has 0 spiro atoms. The van der Waals surface area contributed by atoms with Crippen LogP contribution in [0.25, 0.3) is 0 Å². The van der Waals surface area contributed by atoms with Gasteiger partial charge in [-0.15, -0.1) is 11.3 Å². The van der Waals surface area contributed by atoms with Crippen LogP contribution >= 0.6 is 11.3 Å². The second-order valence-electron chi connectivity index (χ2n) is 5.81. The summed E-state index contributed by atoms with van der Waals surface area (Å²) in [5.41, 5.74) is 0.773. The SMILES string of the molecule is COc1ccc(S(=O)(=O)N2CCN(C(=O)c3cccs3)CC2)cc1C. The average Bonchev–Trinajstić information content (AvgIpc) is 3.15. The molecule has 1 aliphatic rings. The number of thiophene rings is 1. The molecule has 0 saturated carbocycles. The number of sulfonamides is 1. The Balaban J connectivity index is 1.71. The van der Waals surface area contributed by atoms with Gasteiger partial charge in [0.05, 0.1) is 16.9 Å². The van der Waals surface area contributed by atoms with E-state index in [0.29, 0.717) is 36.8 Å². The van der Waals surface area contributed by atoms with Crippen LogP contribution in [0.15, 0.2) is 40.6 Å². The number of rotatable bonds is 4. The van der Waals surface area contributed by atoms with Gasteiger partial charge in [-0.1, -0.05) is 6.07 Å². The number of ether oxygens (including phenoxy) is 1. The van der Waals surface area contributed by atoms with Gasteiger partial charge >= 0.3 is 0 Å². The molecular formula is C17H20N2O4S2. The quantitative estimate of drug-likeness (QED) is 0.816. The predicted octanol–water partition coefficient (Wildman–Crippen LogP) is 2.21. The smallest absolute Gasteiger partial charge is 0.264 e. The number of hydrogen-bond donors (Lipinski definition) is 0. The van der Waals surface area contributed by atoms with Crippen molar-refractivity contribution in [3.63, 3.8) is 0 Å². The Kier molecular flexibility index (Phi) is 5.12. The highest BCUT2D eigenvalue weighted by molar-refractivity contribution is 7.89. The fraction of sp³-hybridized carbons (Fsp3) is 0.353. The number of amides is 1. The molecule has 0 atom stereocenters. The first-order chi connectivity index (χ1) is 11.9. The highest BCUT2D eigenvalue weighted by Crippen LogP contribution is 2.24. The first kappa shape index (κ1) is 17.9. The summed E-state index contributed by atoms with van der Waals surface area (Å²) in [6, 6.07) is 8.47. The van der Waals surface area contributed by atoms with E-state index >= 15 is 0 Å². The van der Waals surface area contributed by atoms with Gasteiger partial charge in [0.1, 0.15) is 5.75 Å². The second-order valence-corrected chi connectivity index (χ2v) is 8.69.